The Morgan fingerprint density at radius 1 is 1.00 bits per heavy atom. The molecule has 0 bridgehead atoms. The summed E-state index contributed by atoms with van der Waals surface area (Å²) < 4.78 is 0. The molecule has 0 amide bonds. The Kier molecular flexibility index (Phi) is 3.72. The van der Waals surface area contributed by atoms with Crippen molar-refractivity contribution in [3.05, 3.63) is 0 Å². The van der Waals surface area contributed by atoms with Gasteiger partial charge in [0.05, 0.1) is 6.10 Å². The van der Waals surface area contributed by atoms with Crippen molar-refractivity contribution in [1.82, 2.24) is 0 Å². The van der Waals surface area contributed by atoms with Gasteiger partial charge in [-0.25, -0.2) is 0 Å². The van der Waals surface area contributed by atoms with Gasteiger partial charge in [-0.2, -0.15) is 0 Å². The van der Waals surface area contributed by atoms with E-state index in [-0.39, 0.29) is 17.4 Å². The topological polar surface area (TPSA) is 37.3 Å². The summed E-state index contributed by atoms with van der Waals surface area (Å²) in [6.45, 7) is 6.60. The van der Waals surface area contributed by atoms with Crippen LogP contribution in [0, 0.1) is 40.4 Å². The minimum absolute atomic E-state index is 0.0598. The second-order valence-corrected chi connectivity index (χ2v) is 9.84. The van der Waals surface area contributed by atoms with Crippen molar-refractivity contribution in [2.24, 2.45) is 40.4 Å². The maximum absolute atomic E-state index is 12.2. The van der Waals surface area contributed by atoms with Crippen molar-refractivity contribution in [3.63, 3.8) is 0 Å². The highest BCUT2D eigenvalue weighted by atomic mass is 16.3. The molecule has 0 aromatic carbocycles. The Morgan fingerprint density at radius 2 is 1.78 bits per heavy atom. The van der Waals surface area contributed by atoms with E-state index in [0.29, 0.717) is 29.0 Å². The van der Waals surface area contributed by atoms with Crippen LogP contribution < -0.4 is 0 Å². The lowest BCUT2D eigenvalue weighted by molar-refractivity contribution is -0.170. The van der Waals surface area contributed by atoms with Crippen molar-refractivity contribution in [1.29, 1.82) is 0 Å². The van der Waals surface area contributed by atoms with E-state index in [4.69, 9.17) is 0 Å². The molecule has 4 rings (SSSR count). The molecule has 1 N–H and O–H groups in total. The van der Waals surface area contributed by atoms with E-state index in [1.165, 1.54) is 44.9 Å². The third-order valence-electron chi connectivity index (χ3n) is 9.00. The standard InChI is InChI=1S/C21H34O2/c1-13(22)16-9-10-17-15-8-7-14-6-4-5-11-20(14,2)19(15)18(23)12-21(16,17)3/h14-19,23H,4-12H2,1-3H3/t14-,15+,16+,17-,18+,19+,20+,21+/m1/s1. The molecule has 130 valence electrons. The first-order valence-corrected chi connectivity index (χ1v) is 10.1. The van der Waals surface area contributed by atoms with Gasteiger partial charge in [0.2, 0.25) is 0 Å². The van der Waals surface area contributed by atoms with E-state index in [9.17, 15) is 9.90 Å². The molecule has 23 heavy (non-hydrogen) atoms. The van der Waals surface area contributed by atoms with E-state index in [0.717, 1.165) is 18.8 Å². The minimum Gasteiger partial charge on any atom is -0.393 e. The van der Waals surface area contributed by atoms with E-state index >= 15 is 0 Å². The predicted molar refractivity (Wildman–Crippen MR) is 91.9 cm³/mol. The number of ketones is 1. The zero-order chi connectivity index (χ0) is 16.4. The summed E-state index contributed by atoms with van der Waals surface area (Å²) in [6, 6.07) is 0. The van der Waals surface area contributed by atoms with Crippen LogP contribution in [0.15, 0.2) is 0 Å². The second kappa shape index (κ2) is 5.31. The molecule has 0 aromatic heterocycles. The first-order chi connectivity index (χ1) is 10.9. The molecule has 0 heterocycles. The molecular formula is C21H34O2. The summed E-state index contributed by atoms with van der Waals surface area (Å²) in [5.41, 5.74) is 0.417. The Balaban J connectivity index is 1.69. The quantitative estimate of drug-likeness (QED) is 0.767. The smallest absolute Gasteiger partial charge is 0.133 e. The third kappa shape index (κ3) is 2.12. The van der Waals surface area contributed by atoms with Gasteiger partial charge >= 0.3 is 0 Å². The van der Waals surface area contributed by atoms with Gasteiger partial charge in [0.25, 0.3) is 0 Å². The van der Waals surface area contributed by atoms with Gasteiger partial charge < -0.3 is 5.11 Å². The summed E-state index contributed by atoms with van der Waals surface area (Å²) in [5.74, 6) is 3.21. The molecule has 0 unspecified atom stereocenters. The van der Waals surface area contributed by atoms with Crippen molar-refractivity contribution in [2.75, 3.05) is 0 Å². The van der Waals surface area contributed by atoms with Crippen LogP contribution in [0.2, 0.25) is 0 Å². The van der Waals surface area contributed by atoms with E-state index < -0.39 is 0 Å². The second-order valence-electron chi connectivity index (χ2n) is 9.84. The molecule has 2 heteroatoms. The number of rotatable bonds is 1. The maximum Gasteiger partial charge on any atom is 0.133 e. The molecule has 4 fully saturated rings. The monoisotopic (exact) mass is 318 g/mol. The van der Waals surface area contributed by atoms with Crippen molar-refractivity contribution >= 4 is 5.78 Å². The van der Waals surface area contributed by atoms with E-state index in [1.54, 1.807) is 6.92 Å². The third-order valence-corrected chi connectivity index (χ3v) is 9.00. The highest BCUT2D eigenvalue weighted by Crippen LogP contribution is 2.67. The molecule has 0 spiro atoms. The molecule has 0 saturated heterocycles. The zero-order valence-electron chi connectivity index (χ0n) is 15.2. The highest BCUT2D eigenvalue weighted by molar-refractivity contribution is 5.79. The molecule has 0 aliphatic heterocycles. The van der Waals surface area contributed by atoms with Crippen LogP contribution in [0.4, 0.5) is 0 Å². The summed E-state index contributed by atoms with van der Waals surface area (Å²) in [6.07, 6.45) is 11.1. The van der Waals surface area contributed by atoms with Crippen LogP contribution in [-0.2, 0) is 4.79 Å². The number of hydrogen-bond acceptors (Lipinski definition) is 2. The number of carbonyl (C=O) groups excluding carboxylic acids is 1. The predicted octanol–water partition coefficient (Wildman–Crippen LogP) is 4.60. The van der Waals surface area contributed by atoms with Gasteiger partial charge in [-0.15, -0.1) is 0 Å². The lowest BCUT2D eigenvalue weighted by Gasteiger charge is -2.62. The van der Waals surface area contributed by atoms with Crippen LogP contribution in [0.3, 0.4) is 0 Å². The Hall–Kier alpha value is -0.370. The molecule has 0 aromatic rings. The van der Waals surface area contributed by atoms with Gasteiger partial charge in [-0.3, -0.25) is 4.79 Å². The summed E-state index contributed by atoms with van der Waals surface area (Å²) in [7, 11) is 0. The van der Waals surface area contributed by atoms with Crippen LogP contribution in [-0.4, -0.2) is 17.0 Å². The maximum atomic E-state index is 12.2. The fourth-order valence-corrected chi connectivity index (χ4v) is 8.09. The first kappa shape index (κ1) is 16.1. The number of carbonyl (C=O) groups is 1. The Bertz CT molecular complexity index is 500. The van der Waals surface area contributed by atoms with Gasteiger partial charge in [0, 0.05) is 5.92 Å². The molecule has 4 aliphatic carbocycles. The number of aliphatic hydroxyl groups excluding tert-OH is 1. The fraction of sp³-hybridized carbons (Fsp3) is 0.952. The Morgan fingerprint density at radius 3 is 2.52 bits per heavy atom. The normalized spacial score (nSPS) is 55.7. The lowest BCUT2D eigenvalue weighted by atomic mass is 9.44. The minimum atomic E-state index is -0.188. The summed E-state index contributed by atoms with van der Waals surface area (Å²) >= 11 is 0. The zero-order valence-corrected chi connectivity index (χ0v) is 15.2. The van der Waals surface area contributed by atoms with Crippen molar-refractivity contribution < 1.29 is 9.90 Å². The SMILES string of the molecule is CC(=O)[C@@H]1CC[C@@H]2[C@@H]3CC[C@H]4CCCC[C@]4(C)[C@@H]3[C@@H](O)C[C@]21C. The van der Waals surface area contributed by atoms with Crippen molar-refractivity contribution in [3.8, 4) is 0 Å². The van der Waals surface area contributed by atoms with Gasteiger partial charge in [-0.1, -0.05) is 26.7 Å². The Labute approximate surface area is 141 Å². The molecule has 2 nitrogen and oxygen atoms in total. The molecule has 4 aliphatic rings. The first-order valence-electron chi connectivity index (χ1n) is 10.1. The van der Waals surface area contributed by atoms with Gasteiger partial charge in [0.1, 0.15) is 5.78 Å². The van der Waals surface area contributed by atoms with Crippen LogP contribution in [0.25, 0.3) is 0 Å². The molecule has 8 atom stereocenters. The van der Waals surface area contributed by atoms with Crippen LogP contribution in [0.5, 0.6) is 0 Å². The van der Waals surface area contributed by atoms with Crippen LogP contribution >= 0.6 is 0 Å². The van der Waals surface area contributed by atoms with Gasteiger partial charge in [-0.05, 0) is 86.4 Å². The van der Waals surface area contributed by atoms with E-state index in [1.807, 2.05) is 0 Å². The largest absolute Gasteiger partial charge is 0.393 e. The highest BCUT2D eigenvalue weighted by Gasteiger charge is 2.63. The summed E-state index contributed by atoms with van der Waals surface area (Å²) in [4.78, 5) is 12.2. The molecular weight excluding hydrogens is 284 g/mol. The van der Waals surface area contributed by atoms with Crippen LogP contribution in [0.1, 0.15) is 78.6 Å². The fourth-order valence-electron chi connectivity index (χ4n) is 8.09. The number of aliphatic hydroxyl groups is 1. The lowest BCUT2D eigenvalue weighted by Crippen LogP contribution is -2.58. The van der Waals surface area contributed by atoms with Crippen molar-refractivity contribution in [2.45, 2.75) is 84.7 Å². The van der Waals surface area contributed by atoms with E-state index in [2.05, 4.69) is 13.8 Å². The molecule has 0 radical (unpaired) electrons. The average Bonchev–Trinajstić information content (AvgIpc) is 2.82. The average molecular weight is 319 g/mol. The molecule has 4 saturated carbocycles. The summed E-state index contributed by atoms with van der Waals surface area (Å²) in [5, 5.41) is 11.2. The number of hydrogen-bond donors (Lipinski definition) is 1. The number of fused-ring (bicyclic) bond motifs is 5. The number of Topliss-reactive ketones (excluding diaryl/α,β-unsaturated/α-hetero) is 1. The van der Waals surface area contributed by atoms with Gasteiger partial charge in [0.15, 0.2) is 0 Å².